The smallest absolute Gasteiger partial charge is 0.129 e. The fourth-order valence-corrected chi connectivity index (χ4v) is 2.85. The first-order valence-corrected chi connectivity index (χ1v) is 7.28. The standard InChI is InChI=1S/C14H18BrFN4/c1-3-9-7-10(20(2)19-9)8-13(18-17)14-11(15)5-4-6-12(14)16/h4-7,13,18H,3,8,17H2,1-2H3. The zero-order chi connectivity index (χ0) is 14.7. The molecule has 0 saturated carbocycles. The monoisotopic (exact) mass is 340 g/mol. The third-order valence-corrected chi connectivity index (χ3v) is 4.04. The van der Waals surface area contributed by atoms with Crippen LogP contribution in [0.1, 0.15) is 29.9 Å². The molecule has 0 bridgehead atoms. The Labute approximate surface area is 126 Å². The number of nitrogens with zero attached hydrogens (tertiary/aromatic N) is 2. The predicted molar refractivity (Wildman–Crippen MR) is 80.5 cm³/mol. The number of aryl methyl sites for hydroxylation is 2. The maximum absolute atomic E-state index is 14.0. The second kappa shape index (κ2) is 6.47. The molecule has 1 aromatic carbocycles. The maximum Gasteiger partial charge on any atom is 0.129 e. The van der Waals surface area contributed by atoms with E-state index in [0.717, 1.165) is 17.8 Å². The summed E-state index contributed by atoms with van der Waals surface area (Å²) in [5, 5.41) is 4.40. The number of rotatable bonds is 5. The summed E-state index contributed by atoms with van der Waals surface area (Å²) in [6.45, 7) is 2.05. The number of hydrazine groups is 1. The molecule has 1 aromatic heterocycles. The second-order valence-corrected chi connectivity index (χ2v) is 5.52. The topological polar surface area (TPSA) is 55.9 Å². The fourth-order valence-electron chi connectivity index (χ4n) is 2.23. The van der Waals surface area contributed by atoms with Gasteiger partial charge in [-0.3, -0.25) is 16.0 Å². The van der Waals surface area contributed by atoms with Gasteiger partial charge in [0.1, 0.15) is 5.82 Å². The summed E-state index contributed by atoms with van der Waals surface area (Å²) in [4.78, 5) is 0. The van der Waals surface area contributed by atoms with Crippen LogP contribution in [0.15, 0.2) is 28.7 Å². The van der Waals surface area contributed by atoms with E-state index in [1.54, 1.807) is 6.07 Å². The summed E-state index contributed by atoms with van der Waals surface area (Å²) in [6, 6.07) is 6.62. The molecule has 3 N–H and O–H groups in total. The van der Waals surface area contributed by atoms with Gasteiger partial charge in [-0.2, -0.15) is 5.10 Å². The van der Waals surface area contributed by atoms with Crippen molar-refractivity contribution >= 4 is 15.9 Å². The third-order valence-electron chi connectivity index (χ3n) is 3.35. The molecule has 1 heterocycles. The number of nitrogens with two attached hydrogens (primary N) is 1. The Bertz CT molecular complexity index is 577. The zero-order valence-corrected chi connectivity index (χ0v) is 13.1. The molecular formula is C14H18BrFN4. The van der Waals surface area contributed by atoms with E-state index in [-0.39, 0.29) is 11.9 Å². The number of nitrogens with one attached hydrogen (secondary N) is 1. The van der Waals surface area contributed by atoms with Crippen LogP contribution in [0, 0.1) is 5.82 Å². The van der Waals surface area contributed by atoms with Crippen molar-refractivity contribution < 1.29 is 4.39 Å². The van der Waals surface area contributed by atoms with Crippen molar-refractivity contribution in [3.05, 3.63) is 51.5 Å². The van der Waals surface area contributed by atoms with Gasteiger partial charge in [-0.25, -0.2) is 4.39 Å². The van der Waals surface area contributed by atoms with Gasteiger partial charge in [-0.15, -0.1) is 0 Å². The third kappa shape index (κ3) is 3.08. The Hall–Kier alpha value is -1.24. The minimum absolute atomic E-state index is 0.278. The highest BCUT2D eigenvalue weighted by molar-refractivity contribution is 9.10. The molecule has 0 amide bonds. The molecule has 0 spiro atoms. The summed E-state index contributed by atoms with van der Waals surface area (Å²) in [7, 11) is 1.89. The van der Waals surface area contributed by atoms with Crippen molar-refractivity contribution in [1.29, 1.82) is 0 Å². The van der Waals surface area contributed by atoms with Gasteiger partial charge in [0.25, 0.3) is 0 Å². The number of halogens is 2. The Kier molecular flexibility index (Phi) is 4.91. The molecule has 1 unspecified atom stereocenters. The molecule has 0 aliphatic heterocycles. The number of hydrogen-bond acceptors (Lipinski definition) is 3. The lowest BCUT2D eigenvalue weighted by molar-refractivity contribution is 0.495. The first-order chi connectivity index (χ1) is 9.56. The predicted octanol–water partition coefficient (Wildman–Crippen LogP) is 2.63. The van der Waals surface area contributed by atoms with Crippen LogP contribution in [0.25, 0.3) is 0 Å². The fraction of sp³-hybridized carbons (Fsp3) is 0.357. The van der Waals surface area contributed by atoms with Crippen molar-refractivity contribution in [2.45, 2.75) is 25.8 Å². The van der Waals surface area contributed by atoms with Gasteiger partial charge < -0.3 is 0 Å². The summed E-state index contributed by atoms with van der Waals surface area (Å²) < 4.78 is 16.5. The van der Waals surface area contributed by atoms with Crippen LogP contribution in [0.3, 0.4) is 0 Å². The first-order valence-electron chi connectivity index (χ1n) is 6.48. The van der Waals surface area contributed by atoms with Gasteiger partial charge >= 0.3 is 0 Å². The molecule has 0 saturated heterocycles. The highest BCUT2D eigenvalue weighted by Gasteiger charge is 2.19. The highest BCUT2D eigenvalue weighted by Crippen LogP contribution is 2.28. The van der Waals surface area contributed by atoms with Crippen LogP contribution >= 0.6 is 15.9 Å². The normalized spacial score (nSPS) is 12.7. The lowest BCUT2D eigenvalue weighted by atomic mass is 10.0. The molecular weight excluding hydrogens is 323 g/mol. The number of aromatic nitrogens is 2. The van der Waals surface area contributed by atoms with Gasteiger partial charge in [0.15, 0.2) is 0 Å². The summed E-state index contributed by atoms with van der Waals surface area (Å²) >= 11 is 3.38. The number of hydrogen-bond donors (Lipinski definition) is 2. The van der Waals surface area contributed by atoms with Gasteiger partial charge in [0.2, 0.25) is 0 Å². The van der Waals surface area contributed by atoms with Crippen molar-refractivity contribution in [3.8, 4) is 0 Å². The Morgan fingerprint density at radius 1 is 1.50 bits per heavy atom. The Morgan fingerprint density at radius 2 is 2.25 bits per heavy atom. The molecule has 4 nitrogen and oxygen atoms in total. The van der Waals surface area contributed by atoms with Crippen molar-refractivity contribution in [1.82, 2.24) is 15.2 Å². The van der Waals surface area contributed by atoms with E-state index >= 15 is 0 Å². The molecule has 20 heavy (non-hydrogen) atoms. The van der Waals surface area contributed by atoms with E-state index < -0.39 is 0 Å². The lowest BCUT2D eigenvalue weighted by Gasteiger charge is -2.18. The van der Waals surface area contributed by atoms with Crippen LogP contribution in [-0.4, -0.2) is 9.78 Å². The summed E-state index contributed by atoms with van der Waals surface area (Å²) in [5.41, 5.74) is 5.26. The van der Waals surface area contributed by atoms with E-state index in [4.69, 9.17) is 5.84 Å². The Balaban J connectivity index is 2.31. The van der Waals surface area contributed by atoms with Crippen LogP contribution in [0.4, 0.5) is 4.39 Å². The molecule has 0 aliphatic carbocycles. The van der Waals surface area contributed by atoms with E-state index in [1.165, 1.54) is 6.07 Å². The quantitative estimate of drug-likeness (QED) is 0.649. The minimum Gasteiger partial charge on any atom is -0.272 e. The molecule has 0 radical (unpaired) electrons. The van der Waals surface area contributed by atoms with Crippen LogP contribution in [0.2, 0.25) is 0 Å². The van der Waals surface area contributed by atoms with Crippen molar-refractivity contribution in [2.24, 2.45) is 12.9 Å². The molecule has 0 aliphatic rings. The van der Waals surface area contributed by atoms with Gasteiger partial charge in [-0.1, -0.05) is 28.9 Å². The maximum atomic E-state index is 14.0. The van der Waals surface area contributed by atoms with Crippen LogP contribution in [0.5, 0.6) is 0 Å². The molecule has 1 atom stereocenters. The molecule has 6 heteroatoms. The average Bonchev–Trinajstić information content (AvgIpc) is 2.78. The van der Waals surface area contributed by atoms with Crippen molar-refractivity contribution in [2.75, 3.05) is 0 Å². The molecule has 2 rings (SSSR count). The molecule has 108 valence electrons. The molecule has 2 aromatic rings. The largest absolute Gasteiger partial charge is 0.272 e. The van der Waals surface area contributed by atoms with E-state index in [0.29, 0.717) is 16.5 Å². The van der Waals surface area contributed by atoms with Crippen LogP contribution < -0.4 is 11.3 Å². The van der Waals surface area contributed by atoms with Gasteiger partial charge in [-0.05, 0) is 24.6 Å². The lowest BCUT2D eigenvalue weighted by Crippen LogP contribution is -2.31. The summed E-state index contributed by atoms with van der Waals surface area (Å²) in [6.07, 6.45) is 1.44. The minimum atomic E-state index is -0.314. The van der Waals surface area contributed by atoms with E-state index in [2.05, 4.69) is 33.4 Å². The van der Waals surface area contributed by atoms with E-state index in [1.807, 2.05) is 23.9 Å². The second-order valence-electron chi connectivity index (χ2n) is 4.66. The molecule has 0 fully saturated rings. The SMILES string of the molecule is CCc1cc(CC(NN)c2c(F)cccc2Br)n(C)n1. The number of benzene rings is 1. The highest BCUT2D eigenvalue weighted by atomic mass is 79.9. The van der Waals surface area contributed by atoms with E-state index in [9.17, 15) is 4.39 Å². The van der Waals surface area contributed by atoms with Gasteiger partial charge in [0.05, 0.1) is 11.7 Å². The van der Waals surface area contributed by atoms with Crippen molar-refractivity contribution in [3.63, 3.8) is 0 Å². The first kappa shape index (κ1) is 15.2. The van der Waals surface area contributed by atoms with Gasteiger partial charge in [0, 0.05) is 29.2 Å². The zero-order valence-electron chi connectivity index (χ0n) is 11.5. The van der Waals surface area contributed by atoms with Crippen LogP contribution in [-0.2, 0) is 19.9 Å². The summed E-state index contributed by atoms with van der Waals surface area (Å²) in [5.74, 6) is 5.34. The average molecular weight is 341 g/mol. The Morgan fingerprint density at radius 3 is 2.80 bits per heavy atom.